The van der Waals surface area contributed by atoms with Crippen molar-refractivity contribution in [3.8, 4) is 0 Å². The number of aliphatic carboxylic acids is 2. The van der Waals surface area contributed by atoms with E-state index in [1.165, 1.54) is 44.9 Å². The Morgan fingerprint density at radius 2 is 0.868 bits per heavy atom. The molecule has 0 aliphatic carbocycles. The van der Waals surface area contributed by atoms with Gasteiger partial charge in [0.05, 0.1) is 5.97 Å². The van der Waals surface area contributed by atoms with Gasteiger partial charge in [0.25, 0.3) is 0 Å². The second-order valence-corrected chi connectivity index (χ2v) is 12.1. The molecule has 0 fully saturated rings. The summed E-state index contributed by atoms with van der Waals surface area (Å²) in [5.41, 5.74) is 0. The van der Waals surface area contributed by atoms with Crippen LogP contribution in [0, 0.1) is 0 Å². The van der Waals surface area contributed by atoms with Gasteiger partial charge in [-0.1, -0.05) is 84.0 Å². The second kappa shape index (κ2) is 27.8. The molecule has 18 nitrogen and oxygen atoms in total. The molecule has 5 atom stereocenters. The number of unbranched alkanes of at least 4 members (excludes halogenated alkanes) is 12. The van der Waals surface area contributed by atoms with Gasteiger partial charge in [-0.15, -0.1) is 0 Å². The molecule has 302 valence electrons. The van der Waals surface area contributed by atoms with Crippen molar-refractivity contribution >= 4 is 53.7 Å². The van der Waals surface area contributed by atoms with Crippen LogP contribution in [0.2, 0.25) is 0 Å². The third kappa shape index (κ3) is 23.4. The fourth-order valence-corrected chi connectivity index (χ4v) is 4.81. The maximum absolute atomic E-state index is 13.0. The quantitative estimate of drug-likeness (QED) is 0.0649. The monoisotopic (exact) mass is 761 g/mol. The lowest BCUT2D eigenvalue weighted by atomic mass is 10.0. The van der Waals surface area contributed by atoms with E-state index in [2.05, 4.69) is 16.4 Å². The second-order valence-electron chi connectivity index (χ2n) is 12.1. The lowest BCUT2D eigenvalue weighted by molar-refractivity contribution is -0.319. The highest BCUT2D eigenvalue weighted by Gasteiger charge is 2.42. The third-order valence-electron chi connectivity index (χ3n) is 7.27. The van der Waals surface area contributed by atoms with Crippen molar-refractivity contribution in [3.05, 3.63) is 0 Å². The van der Waals surface area contributed by atoms with E-state index in [0.29, 0.717) is 6.42 Å². The molecule has 0 bridgehead atoms. The predicted molar refractivity (Wildman–Crippen MR) is 177 cm³/mol. The summed E-state index contributed by atoms with van der Waals surface area (Å²) in [4.78, 5) is 108. The molecule has 5 unspecified atom stereocenters. The van der Waals surface area contributed by atoms with E-state index >= 15 is 0 Å². The van der Waals surface area contributed by atoms with Crippen molar-refractivity contribution in [2.24, 2.45) is 0 Å². The average molecular weight is 762 g/mol. The predicted octanol–water partition coefficient (Wildman–Crippen LogP) is 2.03. The van der Waals surface area contributed by atoms with E-state index in [0.717, 1.165) is 59.8 Å². The van der Waals surface area contributed by atoms with Gasteiger partial charge in [0.2, 0.25) is 18.3 Å². The zero-order valence-electron chi connectivity index (χ0n) is 31.1. The van der Waals surface area contributed by atoms with Gasteiger partial charge < -0.3 is 48.2 Å². The highest BCUT2D eigenvalue weighted by atomic mass is 16.7. The Labute approximate surface area is 308 Å². The number of esters is 7. The zero-order valence-corrected chi connectivity index (χ0v) is 31.1. The van der Waals surface area contributed by atoms with Crippen molar-refractivity contribution in [2.75, 3.05) is 13.2 Å². The molecule has 0 aromatic rings. The minimum absolute atomic E-state index is 0.0370. The van der Waals surface area contributed by atoms with E-state index < -0.39 is 97.5 Å². The first-order valence-corrected chi connectivity index (χ1v) is 17.6. The van der Waals surface area contributed by atoms with Gasteiger partial charge in [0.15, 0.2) is 12.2 Å². The van der Waals surface area contributed by atoms with Gasteiger partial charge in [-0.3, -0.25) is 24.0 Å². The molecular formula is C35H53O18-. The van der Waals surface area contributed by atoms with Crippen molar-refractivity contribution in [1.82, 2.24) is 0 Å². The van der Waals surface area contributed by atoms with Gasteiger partial charge in [0.1, 0.15) is 13.2 Å². The Kier molecular flexibility index (Phi) is 25.3. The van der Waals surface area contributed by atoms with Crippen LogP contribution in [-0.4, -0.2) is 103 Å². The minimum atomic E-state index is -2.49. The van der Waals surface area contributed by atoms with Crippen LogP contribution >= 0.6 is 0 Å². The minimum Gasteiger partial charge on any atom is -0.546 e. The van der Waals surface area contributed by atoms with E-state index in [-0.39, 0.29) is 6.42 Å². The molecule has 0 amide bonds. The standard InChI is InChI=1S/C35H54O18/c1-6-7-8-9-10-11-12-13-14-15-16-17-18-19-27(40)47-20-26(53-35(46)31(52-25(5)39)29(33(43)44)50-23(3)37)21-48-34(45)30(51-24(4)38)28(32(41)42)49-22(2)36/h26,28-31H,6-21H2,1-5H3,(H,41,42)(H,43,44)/p-1. The molecule has 0 radical (unpaired) electrons. The summed E-state index contributed by atoms with van der Waals surface area (Å²) < 4.78 is 33.8. The van der Waals surface area contributed by atoms with Crippen LogP contribution in [0.5, 0.6) is 0 Å². The molecule has 0 aromatic carbocycles. The molecule has 0 saturated heterocycles. The number of rotatable bonds is 29. The fourth-order valence-electron chi connectivity index (χ4n) is 4.81. The maximum atomic E-state index is 13.0. The van der Waals surface area contributed by atoms with E-state index in [1.54, 1.807) is 0 Å². The molecule has 18 heteroatoms. The molecule has 0 heterocycles. The molecule has 0 aliphatic rings. The smallest absolute Gasteiger partial charge is 0.352 e. The molecule has 0 aromatic heterocycles. The number of carbonyl (C=O) groups excluding carboxylic acids is 8. The van der Waals surface area contributed by atoms with Crippen molar-refractivity contribution in [3.63, 3.8) is 0 Å². The van der Waals surface area contributed by atoms with Gasteiger partial charge in [-0.2, -0.15) is 0 Å². The molecule has 53 heavy (non-hydrogen) atoms. The van der Waals surface area contributed by atoms with E-state index in [1.807, 2.05) is 0 Å². The van der Waals surface area contributed by atoms with Crippen LogP contribution in [0.15, 0.2) is 0 Å². The van der Waals surface area contributed by atoms with Crippen LogP contribution < -0.4 is 5.11 Å². The van der Waals surface area contributed by atoms with Gasteiger partial charge in [-0.25, -0.2) is 14.4 Å². The Balaban J connectivity index is 5.58. The highest BCUT2D eigenvalue weighted by molar-refractivity contribution is 5.89. The number of ether oxygens (including phenoxy) is 7. The zero-order chi connectivity index (χ0) is 40.3. The lowest BCUT2D eigenvalue weighted by Gasteiger charge is -2.27. The normalized spacial score (nSPS) is 13.5. The highest BCUT2D eigenvalue weighted by Crippen LogP contribution is 2.15. The molecule has 0 aliphatic heterocycles. The van der Waals surface area contributed by atoms with E-state index in [4.69, 9.17) is 23.7 Å². The molecule has 1 N–H and O–H groups in total. The van der Waals surface area contributed by atoms with Gasteiger partial charge in [-0.05, 0) is 6.42 Å². The van der Waals surface area contributed by atoms with Crippen LogP contribution in [0.25, 0.3) is 0 Å². The Morgan fingerprint density at radius 3 is 1.28 bits per heavy atom. The summed E-state index contributed by atoms with van der Waals surface area (Å²) in [5, 5.41) is 21.1. The van der Waals surface area contributed by atoms with Crippen LogP contribution in [0.3, 0.4) is 0 Å². The number of hydrogen-bond donors (Lipinski definition) is 1. The summed E-state index contributed by atoms with van der Waals surface area (Å²) >= 11 is 0. The Bertz CT molecular complexity index is 1210. The van der Waals surface area contributed by atoms with Crippen LogP contribution in [0.4, 0.5) is 0 Å². The van der Waals surface area contributed by atoms with Crippen molar-refractivity contribution in [2.45, 2.75) is 155 Å². The Hall–Kier alpha value is -4.77. The number of carboxylic acid groups (broad SMARTS) is 2. The van der Waals surface area contributed by atoms with E-state index in [9.17, 15) is 53.4 Å². The third-order valence-corrected chi connectivity index (χ3v) is 7.27. The Morgan fingerprint density at radius 1 is 0.491 bits per heavy atom. The first kappa shape index (κ1) is 48.2. The lowest BCUT2D eigenvalue weighted by Crippen LogP contribution is -2.52. The maximum Gasteiger partial charge on any atom is 0.352 e. The topological polar surface area (TPSA) is 262 Å². The summed E-state index contributed by atoms with van der Waals surface area (Å²) in [7, 11) is 0. The van der Waals surface area contributed by atoms with Crippen LogP contribution in [-0.2, 0) is 76.3 Å². The molecule has 0 spiro atoms. The number of hydrogen-bond acceptors (Lipinski definition) is 17. The number of carboxylic acids is 2. The molecule has 0 saturated carbocycles. The van der Waals surface area contributed by atoms with Gasteiger partial charge >= 0.3 is 47.8 Å². The average Bonchev–Trinajstić information content (AvgIpc) is 3.06. The fraction of sp³-hybridized carbons (Fsp3) is 0.743. The SMILES string of the molecule is CCCCCCCCCCCCCCCC(=O)OCC(COC(=O)C(OC(C)=O)C(OC(C)=O)C(=O)O)OC(=O)C(OC(C)=O)C(OC(C)=O)C(=O)[O-]. The van der Waals surface area contributed by atoms with Crippen LogP contribution in [0.1, 0.15) is 125 Å². The van der Waals surface area contributed by atoms with Gasteiger partial charge in [0, 0.05) is 34.1 Å². The van der Waals surface area contributed by atoms with Crippen molar-refractivity contribution < 1.29 is 86.5 Å². The summed E-state index contributed by atoms with van der Waals surface area (Å²) in [6, 6.07) is 0. The first-order chi connectivity index (χ1) is 25.0. The van der Waals surface area contributed by atoms with Crippen molar-refractivity contribution in [1.29, 1.82) is 0 Å². The molecular weight excluding hydrogens is 708 g/mol. The summed E-state index contributed by atoms with van der Waals surface area (Å²) in [6.45, 7) is 3.56. The number of carbonyl (C=O) groups is 9. The molecule has 0 rings (SSSR count). The summed E-state index contributed by atoms with van der Waals surface area (Å²) in [5.74, 6) is -12.8. The summed E-state index contributed by atoms with van der Waals surface area (Å²) in [6.07, 6.45) is 2.61. The first-order valence-electron chi connectivity index (χ1n) is 17.6. The largest absolute Gasteiger partial charge is 0.546 e.